The molecule has 0 fully saturated rings. The van der Waals surface area contributed by atoms with Gasteiger partial charge in [-0.05, 0) is 6.07 Å². The fourth-order valence-electron chi connectivity index (χ4n) is 1.18. The van der Waals surface area contributed by atoms with E-state index in [1.54, 1.807) is 30.4 Å². The minimum absolute atomic E-state index is 0.0797. The lowest BCUT2D eigenvalue weighted by Gasteiger charge is -2.16. The third-order valence-electron chi connectivity index (χ3n) is 2.30. The summed E-state index contributed by atoms with van der Waals surface area (Å²) in [5.74, 6) is -1.36. The van der Waals surface area contributed by atoms with Crippen LogP contribution in [-0.4, -0.2) is 47.1 Å². The summed E-state index contributed by atoms with van der Waals surface area (Å²) in [6, 6.07) is 1.69. The quantitative estimate of drug-likeness (QED) is 0.725. The molecule has 0 aliphatic carbocycles. The zero-order valence-corrected chi connectivity index (χ0v) is 10.3. The van der Waals surface area contributed by atoms with Crippen molar-refractivity contribution in [2.24, 2.45) is 5.92 Å². The lowest BCUT2D eigenvalue weighted by atomic mass is 10.2. The molecular weight excluding hydrogens is 236 g/mol. The molecule has 1 atom stereocenters. The summed E-state index contributed by atoms with van der Waals surface area (Å²) in [5, 5.41) is 11.2. The Kier molecular flexibility index (Phi) is 5.04. The highest BCUT2D eigenvalue weighted by atomic mass is 16.4. The maximum absolute atomic E-state index is 11.6. The molecule has 1 amide bonds. The van der Waals surface area contributed by atoms with Crippen LogP contribution in [0.5, 0.6) is 0 Å². The van der Waals surface area contributed by atoms with Crippen LogP contribution in [-0.2, 0) is 9.59 Å². The molecule has 1 aromatic heterocycles. The molecule has 7 nitrogen and oxygen atoms in total. The van der Waals surface area contributed by atoms with Crippen molar-refractivity contribution in [2.75, 3.05) is 25.0 Å². The second kappa shape index (κ2) is 6.53. The second-order valence-corrected chi connectivity index (χ2v) is 3.95. The number of nitrogens with zero attached hydrogens (tertiary/aromatic N) is 3. The Balaban J connectivity index is 2.39. The van der Waals surface area contributed by atoms with Gasteiger partial charge in [0.15, 0.2) is 0 Å². The molecule has 0 aromatic carbocycles. The molecule has 1 unspecified atom stereocenters. The zero-order valence-electron chi connectivity index (χ0n) is 10.3. The third-order valence-corrected chi connectivity index (χ3v) is 2.30. The first kappa shape index (κ1) is 13.9. The van der Waals surface area contributed by atoms with Gasteiger partial charge >= 0.3 is 5.97 Å². The van der Waals surface area contributed by atoms with Crippen LogP contribution in [0, 0.1) is 5.92 Å². The molecule has 0 saturated carbocycles. The molecule has 1 rings (SSSR count). The first-order valence-electron chi connectivity index (χ1n) is 5.48. The van der Waals surface area contributed by atoms with Crippen LogP contribution >= 0.6 is 0 Å². The molecular formula is C11H16N4O3. The zero-order chi connectivity index (χ0) is 13.5. The van der Waals surface area contributed by atoms with Crippen LogP contribution < -0.4 is 10.2 Å². The summed E-state index contributed by atoms with van der Waals surface area (Å²) in [7, 11) is 1.69. The number of amides is 1. The number of carboxylic acid groups (broad SMARTS) is 1. The molecule has 0 bridgehead atoms. The van der Waals surface area contributed by atoms with Gasteiger partial charge in [-0.2, -0.15) is 0 Å². The lowest BCUT2D eigenvalue weighted by Crippen LogP contribution is -2.38. The number of aliphatic carboxylic acids is 1. The van der Waals surface area contributed by atoms with E-state index in [0.29, 0.717) is 5.95 Å². The second-order valence-electron chi connectivity index (χ2n) is 3.95. The summed E-state index contributed by atoms with van der Waals surface area (Å²) in [6.45, 7) is 1.72. The molecule has 0 radical (unpaired) electrons. The molecule has 0 spiro atoms. The molecule has 7 heteroatoms. The molecule has 98 valence electrons. The summed E-state index contributed by atoms with van der Waals surface area (Å²) in [6.07, 6.45) is 3.17. The number of nitrogens with one attached hydrogen (secondary N) is 1. The van der Waals surface area contributed by atoms with Crippen LogP contribution in [0.4, 0.5) is 5.95 Å². The van der Waals surface area contributed by atoms with Crippen molar-refractivity contribution < 1.29 is 14.7 Å². The van der Waals surface area contributed by atoms with Crippen LogP contribution in [0.2, 0.25) is 0 Å². The third kappa shape index (κ3) is 4.36. The van der Waals surface area contributed by atoms with E-state index < -0.39 is 11.9 Å². The molecule has 2 N–H and O–H groups in total. The molecule has 0 aliphatic heterocycles. The molecule has 0 aliphatic rings. The number of hydrogen-bond acceptors (Lipinski definition) is 5. The van der Waals surface area contributed by atoms with Crippen molar-refractivity contribution in [1.29, 1.82) is 0 Å². The van der Waals surface area contributed by atoms with Crippen molar-refractivity contribution in [3.05, 3.63) is 18.5 Å². The fourth-order valence-corrected chi connectivity index (χ4v) is 1.18. The first-order chi connectivity index (χ1) is 8.50. The van der Waals surface area contributed by atoms with E-state index in [0.717, 1.165) is 0 Å². The maximum Gasteiger partial charge on any atom is 0.308 e. The summed E-state index contributed by atoms with van der Waals surface area (Å²) < 4.78 is 0. The predicted molar refractivity (Wildman–Crippen MR) is 65.1 cm³/mol. The highest BCUT2D eigenvalue weighted by Crippen LogP contribution is 2.00. The van der Waals surface area contributed by atoms with Gasteiger partial charge in [0, 0.05) is 26.0 Å². The van der Waals surface area contributed by atoms with E-state index in [2.05, 4.69) is 15.3 Å². The van der Waals surface area contributed by atoms with Gasteiger partial charge in [0.1, 0.15) is 0 Å². The van der Waals surface area contributed by atoms with E-state index in [9.17, 15) is 9.59 Å². The van der Waals surface area contributed by atoms with Crippen LogP contribution in [0.15, 0.2) is 18.5 Å². The van der Waals surface area contributed by atoms with Gasteiger partial charge < -0.3 is 15.3 Å². The van der Waals surface area contributed by atoms with Crippen molar-refractivity contribution in [3.8, 4) is 0 Å². The van der Waals surface area contributed by atoms with Gasteiger partial charge in [0.2, 0.25) is 11.9 Å². The first-order valence-corrected chi connectivity index (χ1v) is 5.48. The van der Waals surface area contributed by atoms with Gasteiger partial charge in [-0.25, -0.2) is 9.97 Å². The van der Waals surface area contributed by atoms with Crippen molar-refractivity contribution in [3.63, 3.8) is 0 Å². The van der Waals surface area contributed by atoms with Crippen molar-refractivity contribution in [2.45, 2.75) is 6.92 Å². The number of aromatic nitrogens is 2. The Labute approximate surface area is 105 Å². The Hall–Kier alpha value is -2.18. The van der Waals surface area contributed by atoms with Gasteiger partial charge in [0.05, 0.1) is 12.5 Å². The molecule has 1 aromatic rings. The number of rotatable bonds is 6. The number of carbonyl (C=O) groups excluding carboxylic acids is 1. The normalized spacial score (nSPS) is 11.7. The van der Waals surface area contributed by atoms with E-state index in [4.69, 9.17) is 5.11 Å². The Morgan fingerprint density at radius 2 is 2.06 bits per heavy atom. The average molecular weight is 252 g/mol. The van der Waals surface area contributed by atoms with E-state index in [-0.39, 0.29) is 19.0 Å². The molecule has 18 heavy (non-hydrogen) atoms. The van der Waals surface area contributed by atoms with Crippen molar-refractivity contribution >= 4 is 17.8 Å². The monoisotopic (exact) mass is 252 g/mol. The largest absolute Gasteiger partial charge is 0.481 e. The minimum atomic E-state index is -0.935. The highest BCUT2D eigenvalue weighted by Gasteiger charge is 2.13. The van der Waals surface area contributed by atoms with Crippen LogP contribution in [0.3, 0.4) is 0 Å². The van der Waals surface area contributed by atoms with Crippen molar-refractivity contribution in [1.82, 2.24) is 15.3 Å². The fraction of sp³-hybridized carbons (Fsp3) is 0.455. The minimum Gasteiger partial charge on any atom is -0.481 e. The summed E-state index contributed by atoms with van der Waals surface area (Å²) >= 11 is 0. The highest BCUT2D eigenvalue weighted by molar-refractivity contribution is 5.81. The number of carbonyl (C=O) groups is 2. The predicted octanol–water partition coefficient (Wildman–Crippen LogP) is -0.250. The summed E-state index contributed by atoms with van der Waals surface area (Å²) in [5.41, 5.74) is 0. The average Bonchev–Trinajstić information content (AvgIpc) is 2.36. The molecule has 0 saturated heterocycles. The van der Waals surface area contributed by atoms with E-state index >= 15 is 0 Å². The Morgan fingerprint density at radius 3 is 2.61 bits per heavy atom. The Bertz CT molecular complexity index is 410. The van der Waals surface area contributed by atoms with Gasteiger partial charge in [0.25, 0.3) is 0 Å². The van der Waals surface area contributed by atoms with Crippen LogP contribution in [0.25, 0.3) is 0 Å². The van der Waals surface area contributed by atoms with Gasteiger partial charge in [-0.15, -0.1) is 0 Å². The maximum atomic E-state index is 11.6. The lowest BCUT2D eigenvalue weighted by molar-refractivity contribution is -0.141. The SMILES string of the molecule is CC(CNC(=O)CN(C)c1ncccn1)C(=O)O. The smallest absolute Gasteiger partial charge is 0.308 e. The van der Waals surface area contributed by atoms with Crippen LogP contribution in [0.1, 0.15) is 6.92 Å². The Morgan fingerprint density at radius 1 is 1.44 bits per heavy atom. The number of anilines is 1. The number of likely N-dealkylation sites (N-methyl/N-ethyl adjacent to an activating group) is 1. The topological polar surface area (TPSA) is 95.4 Å². The summed E-state index contributed by atoms with van der Waals surface area (Å²) in [4.78, 5) is 31.7. The standard InChI is InChI=1S/C11H16N4O3/c1-8(10(17)18)6-14-9(16)7-15(2)11-12-4-3-5-13-11/h3-5,8H,6-7H2,1-2H3,(H,14,16)(H,17,18). The van der Waals surface area contributed by atoms with Gasteiger partial charge in [-0.3, -0.25) is 9.59 Å². The van der Waals surface area contributed by atoms with Gasteiger partial charge in [-0.1, -0.05) is 6.92 Å². The number of carboxylic acids is 1. The van der Waals surface area contributed by atoms with E-state index in [1.807, 2.05) is 0 Å². The number of hydrogen-bond donors (Lipinski definition) is 2. The van der Waals surface area contributed by atoms with E-state index in [1.165, 1.54) is 6.92 Å². The molecule has 1 heterocycles.